The Balaban J connectivity index is 1.85. The molecule has 4 rings (SSSR count). The summed E-state index contributed by atoms with van der Waals surface area (Å²) in [5, 5.41) is 70.3. The van der Waals surface area contributed by atoms with Gasteiger partial charge < -0.3 is 59.1 Å². The molecule has 5 atom stereocenters. The van der Waals surface area contributed by atoms with Gasteiger partial charge in [-0.1, -0.05) is 0 Å². The second kappa shape index (κ2) is 9.72. The van der Waals surface area contributed by atoms with E-state index < -0.39 is 59.6 Å². The number of phenols is 2. The Morgan fingerprint density at radius 3 is 2.28 bits per heavy atom. The first-order valence-corrected chi connectivity index (χ1v) is 10.6. The van der Waals surface area contributed by atoms with Crippen LogP contribution in [0.2, 0.25) is 0 Å². The van der Waals surface area contributed by atoms with E-state index in [1.807, 2.05) is 0 Å². The van der Waals surface area contributed by atoms with Crippen LogP contribution in [0.1, 0.15) is 0 Å². The first-order chi connectivity index (χ1) is 17.1. The fourth-order valence-electron chi connectivity index (χ4n) is 3.87. The molecule has 1 aliphatic rings. The molecular weight excluding hydrogens is 484 g/mol. The molecule has 0 aliphatic carbocycles. The number of hydrogen-bond acceptors (Lipinski definition) is 13. The van der Waals surface area contributed by atoms with Crippen molar-refractivity contribution >= 4 is 11.0 Å². The molecular formula is C23H24O13. The second-order valence-corrected chi connectivity index (χ2v) is 7.94. The highest BCUT2D eigenvalue weighted by molar-refractivity contribution is 5.91. The highest BCUT2D eigenvalue weighted by Crippen LogP contribution is 2.45. The Morgan fingerprint density at radius 2 is 1.64 bits per heavy atom. The maximum Gasteiger partial charge on any atom is 0.238 e. The summed E-state index contributed by atoms with van der Waals surface area (Å²) in [7, 11) is 2.46. The van der Waals surface area contributed by atoms with Crippen LogP contribution in [0.25, 0.3) is 22.3 Å². The minimum Gasteiger partial charge on any atom is -0.504 e. The summed E-state index contributed by atoms with van der Waals surface area (Å²) in [6, 6.07) is 5.05. The van der Waals surface area contributed by atoms with E-state index in [0.29, 0.717) is 0 Å². The fraction of sp³-hybridized carbons (Fsp3) is 0.348. The number of fused-ring (bicyclic) bond motifs is 1. The SMILES string of the molecule is COc1cc(-c2oc3cc(OC4OC(CO)C(O)C(O)C4O)c(OC)c(O)c3c(=O)c2O)ccc1O. The molecule has 0 radical (unpaired) electrons. The maximum absolute atomic E-state index is 12.9. The van der Waals surface area contributed by atoms with E-state index in [-0.39, 0.29) is 39.9 Å². The smallest absolute Gasteiger partial charge is 0.238 e. The van der Waals surface area contributed by atoms with Gasteiger partial charge in [0.15, 0.2) is 28.8 Å². The molecule has 7 N–H and O–H groups in total. The summed E-state index contributed by atoms with van der Waals surface area (Å²) < 4.78 is 26.8. The molecule has 2 heterocycles. The lowest BCUT2D eigenvalue weighted by atomic mass is 9.99. The number of hydrogen-bond donors (Lipinski definition) is 7. The number of rotatable bonds is 6. The van der Waals surface area contributed by atoms with Crippen LogP contribution in [-0.2, 0) is 4.74 Å². The van der Waals surface area contributed by atoms with Gasteiger partial charge >= 0.3 is 0 Å². The summed E-state index contributed by atoms with van der Waals surface area (Å²) in [6.07, 6.45) is -8.01. The third-order valence-electron chi connectivity index (χ3n) is 5.79. The molecule has 1 aliphatic heterocycles. The van der Waals surface area contributed by atoms with Gasteiger partial charge in [-0.3, -0.25) is 4.79 Å². The summed E-state index contributed by atoms with van der Waals surface area (Å²) in [4.78, 5) is 12.9. The van der Waals surface area contributed by atoms with Crippen LogP contribution in [0.5, 0.6) is 34.5 Å². The van der Waals surface area contributed by atoms with Crippen molar-refractivity contribution < 1.29 is 59.1 Å². The monoisotopic (exact) mass is 508 g/mol. The lowest BCUT2D eigenvalue weighted by Gasteiger charge is -2.39. The molecule has 0 bridgehead atoms. The van der Waals surface area contributed by atoms with E-state index in [0.717, 1.165) is 13.2 Å². The van der Waals surface area contributed by atoms with Crippen molar-refractivity contribution in [2.75, 3.05) is 20.8 Å². The molecule has 2 aromatic carbocycles. The number of benzene rings is 2. The Morgan fingerprint density at radius 1 is 0.917 bits per heavy atom. The molecule has 0 amide bonds. The first kappa shape index (κ1) is 25.3. The Bertz CT molecular complexity index is 1330. The zero-order valence-electron chi connectivity index (χ0n) is 19.0. The van der Waals surface area contributed by atoms with Crippen LogP contribution in [0.3, 0.4) is 0 Å². The van der Waals surface area contributed by atoms with E-state index in [9.17, 15) is 40.5 Å². The Hall–Kier alpha value is -3.75. The lowest BCUT2D eigenvalue weighted by molar-refractivity contribution is -0.277. The van der Waals surface area contributed by atoms with Crippen molar-refractivity contribution in [2.24, 2.45) is 0 Å². The van der Waals surface area contributed by atoms with Crippen LogP contribution in [0.15, 0.2) is 33.5 Å². The van der Waals surface area contributed by atoms with Gasteiger partial charge in [-0.2, -0.15) is 0 Å². The third kappa shape index (κ3) is 4.12. The molecule has 13 heteroatoms. The van der Waals surface area contributed by atoms with Crippen LogP contribution in [-0.4, -0.2) is 87.3 Å². The number of aromatic hydroxyl groups is 3. The second-order valence-electron chi connectivity index (χ2n) is 7.94. The van der Waals surface area contributed by atoms with Crippen molar-refractivity contribution in [1.82, 2.24) is 0 Å². The maximum atomic E-state index is 12.9. The van der Waals surface area contributed by atoms with Gasteiger partial charge in [0.1, 0.15) is 35.4 Å². The van der Waals surface area contributed by atoms with Crippen LogP contribution < -0.4 is 19.6 Å². The molecule has 5 unspecified atom stereocenters. The normalized spacial score (nSPS) is 24.0. The average molecular weight is 508 g/mol. The van der Waals surface area contributed by atoms with Gasteiger partial charge in [0.2, 0.25) is 23.2 Å². The van der Waals surface area contributed by atoms with Gasteiger partial charge in [-0.15, -0.1) is 0 Å². The zero-order chi connectivity index (χ0) is 26.3. The molecule has 194 valence electrons. The van der Waals surface area contributed by atoms with E-state index >= 15 is 0 Å². The Kier molecular flexibility index (Phi) is 6.84. The van der Waals surface area contributed by atoms with Crippen molar-refractivity contribution in [3.05, 3.63) is 34.5 Å². The fourth-order valence-corrected chi connectivity index (χ4v) is 3.87. The first-order valence-electron chi connectivity index (χ1n) is 10.6. The molecule has 1 fully saturated rings. The molecule has 36 heavy (non-hydrogen) atoms. The number of aliphatic hydroxyl groups excluding tert-OH is 4. The van der Waals surface area contributed by atoms with Crippen LogP contribution in [0, 0.1) is 0 Å². The van der Waals surface area contributed by atoms with E-state index in [1.54, 1.807) is 0 Å². The number of ether oxygens (including phenoxy) is 4. The van der Waals surface area contributed by atoms with Gasteiger partial charge in [0.05, 0.1) is 20.8 Å². The number of methoxy groups -OCH3 is 2. The minimum absolute atomic E-state index is 0.0406. The Labute approximate surface area is 202 Å². The standard InChI is InChI=1S/C23H24O13/c1-32-10-5-8(3-4-9(10)25)21-19(30)16(27)14-11(34-21)6-12(22(33-2)17(14)28)35-23-20(31)18(29)15(26)13(7-24)36-23/h3-6,13,15,18,20,23-26,28-31H,7H2,1-2H3. The van der Waals surface area contributed by atoms with Crippen molar-refractivity contribution in [3.8, 4) is 45.8 Å². The highest BCUT2D eigenvalue weighted by Gasteiger charge is 2.45. The highest BCUT2D eigenvalue weighted by atomic mass is 16.7. The molecule has 0 spiro atoms. The average Bonchev–Trinajstić information content (AvgIpc) is 2.86. The quantitative estimate of drug-likeness (QED) is 0.230. The zero-order valence-corrected chi connectivity index (χ0v) is 19.0. The van der Waals surface area contributed by atoms with Crippen molar-refractivity contribution in [1.29, 1.82) is 0 Å². The van der Waals surface area contributed by atoms with E-state index in [1.165, 1.54) is 25.3 Å². The largest absolute Gasteiger partial charge is 0.504 e. The van der Waals surface area contributed by atoms with Crippen molar-refractivity contribution in [3.63, 3.8) is 0 Å². The van der Waals surface area contributed by atoms with Gasteiger partial charge in [0.25, 0.3) is 0 Å². The topological polar surface area (TPSA) is 209 Å². The van der Waals surface area contributed by atoms with Crippen molar-refractivity contribution in [2.45, 2.75) is 30.7 Å². The third-order valence-corrected chi connectivity index (χ3v) is 5.79. The molecule has 3 aromatic rings. The summed E-state index contributed by atoms with van der Waals surface area (Å²) in [5.74, 6) is -2.74. The van der Waals surface area contributed by atoms with E-state index in [4.69, 9.17) is 23.4 Å². The molecule has 1 saturated heterocycles. The van der Waals surface area contributed by atoms with Gasteiger partial charge in [-0.25, -0.2) is 0 Å². The van der Waals surface area contributed by atoms with Gasteiger partial charge in [-0.05, 0) is 18.2 Å². The summed E-state index contributed by atoms with van der Waals surface area (Å²) in [5.41, 5.74) is -1.11. The van der Waals surface area contributed by atoms with Crippen LogP contribution in [0.4, 0.5) is 0 Å². The number of phenolic OH excluding ortho intramolecular Hbond substituents is 2. The lowest BCUT2D eigenvalue weighted by Crippen LogP contribution is -2.60. The van der Waals surface area contributed by atoms with E-state index in [2.05, 4.69) is 0 Å². The summed E-state index contributed by atoms with van der Waals surface area (Å²) >= 11 is 0. The predicted molar refractivity (Wildman–Crippen MR) is 120 cm³/mol. The molecule has 13 nitrogen and oxygen atoms in total. The molecule has 1 aromatic heterocycles. The van der Waals surface area contributed by atoms with Gasteiger partial charge in [0, 0.05) is 11.6 Å². The minimum atomic E-state index is -1.77. The predicted octanol–water partition coefficient (Wildman–Crippen LogP) is -0.227. The van der Waals surface area contributed by atoms with Crippen LogP contribution >= 0.6 is 0 Å². The molecule has 0 saturated carbocycles. The number of aliphatic hydroxyl groups is 4. The summed E-state index contributed by atoms with van der Waals surface area (Å²) in [6.45, 7) is -0.696.